The Balaban J connectivity index is -0.000000113. The smallest absolute Gasteiger partial charge is 0.917 e. The minimum Gasteiger partial charge on any atom is -0.917 e. The van der Waals surface area contributed by atoms with Gasteiger partial charge in [-0.3, -0.25) is 0 Å². The van der Waals surface area contributed by atoms with Crippen molar-refractivity contribution in [2.24, 2.45) is 0 Å². The first kappa shape index (κ1) is 41.9. The van der Waals surface area contributed by atoms with Gasteiger partial charge in [0.15, 0.2) is 0 Å². The number of rotatable bonds is 3. The standard InChI is InChI=1S/C8H6BrN.C8H7NO3S.3Na.O3S.H2O/c9-5-7-1-3-8(6-10)4-2-7;9-5-7-1-3-8(4-2-7)6-13(10,11)12;;;;1-4(2)3;/h1-4H,5H2;1-4H,6H2,(H,10,11,12);;;;;1H2/q;;3*+1;-2;/p-1. The van der Waals surface area contributed by atoms with Crippen molar-refractivity contribution in [2.45, 2.75) is 11.1 Å². The molecular weight excluding hydrogens is 545 g/mol. The van der Waals surface area contributed by atoms with Crippen molar-refractivity contribution < 1.29 is 120 Å². The average Bonchev–Trinajstić information content (AvgIpc) is 2.61. The van der Waals surface area contributed by atoms with E-state index in [4.69, 9.17) is 23.5 Å². The van der Waals surface area contributed by atoms with Crippen molar-refractivity contribution in [3.63, 3.8) is 0 Å². The van der Waals surface area contributed by atoms with Crippen LogP contribution in [0.2, 0.25) is 0 Å². The van der Waals surface area contributed by atoms with Crippen LogP contribution in [-0.4, -0.2) is 23.0 Å². The van der Waals surface area contributed by atoms with Crippen LogP contribution in [0, 0.1) is 22.7 Å². The predicted octanol–water partition coefficient (Wildman–Crippen LogP) is -7.33. The Morgan fingerprint density at radius 2 is 1.13 bits per heavy atom. The molecule has 31 heavy (non-hydrogen) atoms. The molecule has 0 radical (unpaired) electrons. The second-order valence-corrected chi connectivity index (χ2v) is 7.03. The topological polar surface area (TPSA) is 193 Å². The van der Waals surface area contributed by atoms with Crippen molar-refractivity contribution in [1.82, 2.24) is 0 Å². The molecule has 152 valence electrons. The number of hydrogen-bond acceptors (Lipinski definition) is 9. The summed E-state index contributed by atoms with van der Waals surface area (Å²) in [6.45, 7) is 0. The quantitative estimate of drug-likeness (QED) is 0.116. The predicted molar refractivity (Wildman–Crippen MR) is 101 cm³/mol. The average molecular weight is 559 g/mol. The number of alkyl halides is 1. The molecule has 2 aromatic carbocycles. The van der Waals surface area contributed by atoms with E-state index in [2.05, 4.69) is 22.0 Å². The molecule has 0 saturated heterocycles. The molecule has 0 bridgehead atoms. The van der Waals surface area contributed by atoms with Crippen LogP contribution in [0.15, 0.2) is 48.5 Å². The van der Waals surface area contributed by atoms with Crippen molar-refractivity contribution >= 4 is 37.0 Å². The molecule has 0 aliphatic heterocycles. The van der Waals surface area contributed by atoms with Crippen molar-refractivity contribution in [3.8, 4) is 12.1 Å². The van der Waals surface area contributed by atoms with Gasteiger partial charge >= 0.3 is 88.7 Å². The van der Waals surface area contributed by atoms with E-state index in [-0.39, 0.29) is 94.1 Å². The van der Waals surface area contributed by atoms with E-state index in [0.717, 1.165) is 5.33 Å². The molecule has 0 amide bonds. The fraction of sp³-hybridized carbons (Fsp3) is 0.125. The Morgan fingerprint density at radius 3 is 1.35 bits per heavy atom. The van der Waals surface area contributed by atoms with Gasteiger partial charge in [-0.1, -0.05) is 40.2 Å². The summed E-state index contributed by atoms with van der Waals surface area (Å²) in [5.74, 6) is -0.529. The van der Waals surface area contributed by atoms with Gasteiger partial charge in [-0.25, -0.2) is 8.42 Å². The van der Waals surface area contributed by atoms with Crippen LogP contribution in [0.3, 0.4) is 0 Å². The molecule has 0 fully saturated rings. The Bertz CT molecular complexity index is 982. The molecule has 0 aliphatic carbocycles. The summed E-state index contributed by atoms with van der Waals surface area (Å²) in [5, 5.41) is 17.7. The van der Waals surface area contributed by atoms with Gasteiger partial charge in [0, 0.05) is 5.33 Å². The third-order valence-electron chi connectivity index (χ3n) is 2.66. The number of nitriles is 2. The van der Waals surface area contributed by atoms with Crippen LogP contribution in [0.1, 0.15) is 22.3 Å². The van der Waals surface area contributed by atoms with Crippen molar-refractivity contribution in [1.29, 1.82) is 10.5 Å². The summed E-state index contributed by atoms with van der Waals surface area (Å²) in [7, 11) is -7.34. The Morgan fingerprint density at radius 1 is 0.839 bits per heavy atom. The fourth-order valence-electron chi connectivity index (χ4n) is 1.55. The third kappa shape index (κ3) is 25.1. The molecule has 0 aromatic heterocycles. The second kappa shape index (κ2) is 23.8. The first-order valence-electron chi connectivity index (χ1n) is 6.85. The van der Waals surface area contributed by atoms with E-state index >= 15 is 0 Å². The van der Waals surface area contributed by atoms with E-state index in [1.807, 2.05) is 30.3 Å². The molecular formula is C16H14BrN2Na3O7S2. The van der Waals surface area contributed by atoms with E-state index in [0.29, 0.717) is 16.7 Å². The minimum absolute atomic E-state index is 0. The van der Waals surface area contributed by atoms with Crippen LogP contribution < -0.4 is 88.7 Å². The molecule has 0 spiro atoms. The molecule has 2 rings (SSSR count). The zero-order chi connectivity index (χ0) is 20.9. The molecule has 0 saturated carbocycles. The molecule has 9 nitrogen and oxygen atoms in total. The van der Waals surface area contributed by atoms with Crippen LogP contribution in [0.4, 0.5) is 0 Å². The first-order chi connectivity index (χ1) is 12.6. The summed E-state index contributed by atoms with van der Waals surface area (Å²) >= 11 is 3.32. The monoisotopic (exact) mass is 558 g/mol. The number of nitrogens with zero attached hydrogens (tertiary/aromatic N) is 2. The van der Waals surface area contributed by atoms with Crippen LogP contribution in [0.5, 0.6) is 0 Å². The van der Waals surface area contributed by atoms with Gasteiger partial charge in [-0.2, -0.15) is 21.5 Å². The Labute approximate surface area is 258 Å². The molecule has 2 aromatic rings. The summed E-state index contributed by atoms with van der Waals surface area (Å²) in [6.07, 6.45) is 0. The molecule has 0 unspecified atom stereocenters. The molecule has 15 heteroatoms. The zero-order valence-electron chi connectivity index (χ0n) is 17.1. The van der Waals surface area contributed by atoms with Gasteiger partial charge in [0.05, 0.1) is 39.1 Å². The summed E-state index contributed by atoms with van der Waals surface area (Å²) in [5.41, 5.74) is 2.74. The summed E-state index contributed by atoms with van der Waals surface area (Å²) < 4.78 is 56.3. The van der Waals surface area contributed by atoms with Gasteiger partial charge in [0.25, 0.3) is 0 Å². The molecule has 0 aliphatic rings. The van der Waals surface area contributed by atoms with Crippen molar-refractivity contribution in [3.05, 3.63) is 70.8 Å². The molecule has 0 heterocycles. The van der Waals surface area contributed by atoms with Crippen LogP contribution in [0.25, 0.3) is 0 Å². The Kier molecular flexibility index (Phi) is 32.2. The maximum atomic E-state index is 10.3. The number of hydrogen-bond donors (Lipinski definition) is 0. The van der Waals surface area contributed by atoms with E-state index in [9.17, 15) is 13.0 Å². The van der Waals surface area contributed by atoms with Gasteiger partial charge in [0.2, 0.25) is 0 Å². The molecule has 2 N–H and O–H groups in total. The Hall–Kier alpha value is 0.680. The van der Waals surface area contributed by atoms with Crippen LogP contribution >= 0.6 is 15.9 Å². The van der Waals surface area contributed by atoms with Crippen molar-refractivity contribution in [2.75, 3.05) is 0 Å². The van der Waals surface area contributed by atoms with Gasteiger partial charge < -0.3 is 23.0 Å². The first-order valence-corrected chi connectivity index (χ1v) is 10.6. The van der Waals surface area contributed by atoms with Gasteiger partial charge in [0.1, 0.15) is 0 Å². The van der Waals surface area contributed by atoms with Gasteiger partial charge in [-0.05, 0) is 35.4 Å². The minimum atomic E-state index is -4.23. The van der Waals surface area contributed by atoms with E-state index < -0.39 is 26.9 Å². The number of halogens is 1. The summed E-state index contributed by atoms with van der Waals surface area (Å²) in [6, 6.07) is 17.3. The largest absolute Gasteiger partial charge is 1.00 e. The number of benzene rings is 2. The molecule has 0 atom stereocenters. The normalized spacial score (nSPS) is 8.45. The second-order valence-electron chi connectivity index (χ2n) is 4.66. The van der Waals surface area contributed by atoms with E-state index in [1.54, 1.807) is 0 Å². The SMILES string of the molecule is N#Cc1ccc(CBr)cc1.N#Cc1ccc(CS(=O)(=O)[O-])cc1.O.O=[S-](=O)[O-].[Na+].[Na+].[Na+]. The maximum Gasteiger partial charge on any atom is 1.00 e. The van der Waals surface area contributed by atoms with Gasteiger partial charge in [-0.15, -0.1) is 0 Å². The summed E-state index contributed by atoms with van der Waals surface area (Å²) in [4.78, 5) is 0. The van der Waals surface area contributed by atoms with E-state index in [1.165, 1.54) is 29.8 Å². The third-order valence-corrected chi connectivity index (χ3v) is 4.00. The van der Waals surface area contributed by atoms with Crippen LogP contribution in [-0.2, 0) is 40.6 Å². The fourth-order valence-corrected chi connectivity index (χ4v) is 2.52. The maximum absolute atomic E-state index is 10.3. The zero-order valence-corrected chi connectivity index (χ0v) is 26.3.